The molecule has 0 atom stereocenters. The van der Waals surface area contributed by atoms with Crippen LogP contribution in [0, 0.1) is 0 Å². The highest BCUT2D eigenvalue weighted by molar-refractivity contribution is 7.99. The Hall–Kier alpha value is -2.26. The van der Waals surface area contributed by atoms with Gasteiger partial charge in [0.2, 0.25) is 5.91 Å². The van der Waals surface area contributed by atoms with E-state index < -0.39 is 5.97 Å². The van der Waals surface area contributed by atoms with E-state index >= 15 is 0 Å². The molecule has 7 nitrogen and oxygen atoms in total. The summed E-state index contributed by atoms with van der Waals surface area (Å²) in [6.07, 6.45) is 0. The number of hydrogen-bond donors (Lipinski definition) is 2. The van der Waals surface area contributed by atoms with Crippen molar-refractivity contribution < 1.29 is 14.3 Å². The zero-order valence-corrected chi connectivity index (χ0v) is 15.0. The summed E-state index contributed by atoms with van der Waals surface area (Å²) >= 11 is 2.81. The van der Waals surface area contributed by atoms with Crippen LogP contribution in [0.1, 0.15) is 21.6 Å². The van der Waals surface area contributed by atoms with Crippen LogP contribution in [0.3, 0.4) is 0 Å². The molecular weight excluding hydrogens is 362 g/mol. The average molecular weight is 377 g/mol. The zero-order chi connectivity index (χ0) is 17.8. The molecule has 0 saturated heterocycles. The molecule has 1 aromatic carbocycles. The minimum absolute atomic E-state index is 0.0946. The molecule has 1 aliphatic rings. The van der Waals surface area contributed by atoms with Crippen LogP contribution in [0.5, 0.6) is 0 Å². The third kappa shape index (κ3) is 4.23. The fourth-order valence-electron chi connectivity index (χ4n) is 2.28. The minimum atomic E-state index is -0.469. The van der Waals surface area contributed by atoms with Crippen molar-refractivity contribution >= 4 is 41.1 Å². The van der Waals surface area contributed by atoms with Gasteiger partial charge < -0.3 is 15.0 Å². The van der Waals surface area contributed by atoms with Crippen molar-refractivity contribution in [3.8, 4) is 0 Å². The molecule has 0 saturated carbocycles. The zero-order valence-electron chi connectivity index (χ0n) is 13.3. The van der Waals surface area contributed by atoms with Crippen LogP contribution >= 0.6 is 23.5 Å². The van der Waals surface area contributed by atoms with Crippen LogP contribution < -0.4 is 10.9 Å². The number of fused-ring (bicyclic) bond motifs is 1. The number of hydrogen-bond acceptors (Lipinski definition) is 7. The molecule has 25 heavy (non-hydrogen) atoms. The summed E-state index contributed by atoms with van der Waals surface area (Å²) in [7, 11) is 1.30. The van der Waals surface area contributed by atoms with E-state index in [1.807, 2.05) is 0 Å². The maximum absolute atomic E-state index is 12.1. The first kappa shape index (κ1) is 17.6. The minimum Gasteiger partial charge on any atom is -0.465 e. The van der Waals surface area contributed by atoms with E-state index in [-0.39, 0.29) is 17.2 Å². The molecule has 1 aromatic heterocycles. The van der Waals surface area contributed by atoms with E-state index in [1.54, 1.807) is 36.0 Å². The molecule has 2 N–H and O–H groups in total. The van der Waals surface area contributed by atoms with Crippen molar-refractivity contribution in [1.29, 1.82) is 0 Å². The predicted molar refractivity (Wildman–Crippen MR) is 97.0 cm³/mol. The number of benzene rings is 1. The molecule has 9 heteroatoms. The van der Waals surface area contributed by atoms with Crippen molar-refractivity contribution in [1.82, 2.24) is 9.97 Å². The lowest BCUT2D eigenvalue weighted by Crippen LogP contribution is -2.17. The molecular formula is C16H15N3O4S2. The molecule has 0 bridgehead atoms. The van der Waals surface area contributed by atoms with Crippen LogP contribution in [0.4, 0.5) is 5.69 Å². The number of thioether (sulfide) groups is 2. The van der Waals surface area contributed by atoms with Gasteiger partial charge in [-0.1, -0.05) is 17.8 Å². The summed E-state index contributed by atoms with van der Waals surface area (Å²) in [5.41, 5.74) is 2.24. The summed E-state index contributed by atoms with van der Waals surface area (Å²) in [4.78, 5) is 42.6. The van der Waals surface area contributed by atoms with Gasteiger partial charge in [-0.2, -0.15) is 11.8 Å². The molecule has 130 valence electrons. The second kappa shape index (κ2) is 7.75. The number of carbonyl (C=O) groups is 2. The van der Waals surface area contributed by atoms with E-state index in [2.05, 4.69) is 20.0 Å². The highest BCUT2D eigenvalue weighted by Crippen LogP contribution is 2.26. The lowest BCUT2D eigenvalue weighted by Gasteiger charge is -2.07. The van der Waals surface area contributed by atoms with Crippen LogP contribution in [-0.4, -0.2) is 34.7 Å². The van der Waals surface area contributed by atoms with Crippen molar-refractivity contribution in [3.05, 3.63) is 51.4 Å². The Morgan fingerprint density at radius 1 is 1.40 bits per heavy atom. The summed E-state index contributed by atoms with van der Waals surface area (Å²) in [6, 6.07) is 6.49. The number of carbonyl (C=O) groups excluding carboxylic acids is 2. The number of amides is 1. The molecule has 3 rings (SSSR count). The van der Waals surface area contributed by atoms with Crippen molar-refractivity contribution in [2.75, 3.05) is 18.2 Å². The second-order valence-corrected chi connectivity index (χ2v) is 7.15. The first-order valence-electron chi connectivity index (χ1n) is 7.37. The van der Waals surface area contributed by atoms with Crippen LogP contribution in [0.15, 0.2) is 34.2 Å². The quantitative estimate of drug-likeness (QED) is 0.467. The highest BCUT2D eigenvalue weighted by Gasteiger charge is 2.18. The number of methoxy groups -OCH3 is 1. The number of aromatic nitrogens is 2. The number of esters is 1. The number of ether oxygens (including phenoxy) is 1. The number of nitrogens with zero attached hydrogens (tertiary/aromatic N) is 1. The van der Waals surface area contributed by atoms with E-state index in [0.29, 0.717) is 22.2 Å². The highest BCUT2D eigenvalue weighted by atomic mass is 32.2. The maximum atomic E-state index is 12.1. The van der Waals surface area contributed by atoms with Crippen molar-refractivity contribution in [2.24, 2.45) is 0 Å². The first-order valence-corrected chi connectivity index (χ1v) is 9.51. The standard InChI is InChI=1S/C16H15N3O4S2/c1-23-15(22)9-3-2-4-10(5-9)17-13(20)8-25-16-18-12-7-24-6-11(12)14(21)19-16/h2-5H,6-8H2,1H3,(H,17,20)(H,18,19,21). The largest absolute Gasteiger partial charge is 0.465 e. The van der Waals surface area contributed by atoms with Gasteiger partial charge in [0.25, 0.3) is 5.56 Å². The van der Waals surface area contributed by atoms with Crippen LogP contribution in [0.25, 0.3) is 0 Å². The van der Waals surface area contributed by atoms with Crippen LogP contribution in [0.2, 0.25) is 0 Å². The van der Waals surface area contributed by atoms with Crippen LogP contribution in [-0.2, 0) is 21.0 Å². The molecule has 2 heterocycles. The Balaban J connectivity index is 1.61. The number of nitrogens with one attached hydrogen (secondary N) is 2. The predicted octanol–water partition coefficient (Wildman–Crippen LogP) is 2.03. The smallest absolute Gasteiger partial charge is 0.337 e. The van der Waals surface area contributed by atoms with Crippen molar-refractivity contribution in [3.63, 3.8) is 0 Å². The lowest BCUT2D eigenvalue weighted by molar-refractivity contribution is -0.113. The number of H-pyrrole nitrogens is 1. The lowest BCUT2D eigenvalue weighted by atomic mass is 10.2. The van der Waals surface area contributed by atoms with E-state index in [9.17, 15) is 14.4 Å². The number of rotatable bonds is 5. The molecule has 0 fully saturated rings. The summed E-state index contributed by atoms with van der Waals surface area (Å²) < 4.78 is 4.65. The molecule has 0 spiro atoms. The Morgan fingerprint density at radius 2 is 2.24 bits per heavy atom. The van der Waals surface area contributed by atoms with Gasteiger partial charge in [0.1, 0.15) is 0 Å². The van der Waals surface area contributed by atoms with Gasteiger partial charge in [-0.25, -0.2) is 9.78 Å². The van der Waals surface area contributed by atoms with E-state index in [0.717, 1.165) is 28.8 Å². The average Bonchev–Trinajstić information content (AvgIpc) is 3.08. The molecule has 1 amide bonds. The Kier molecular flexibility index (Phi) is 5.44. The molecule has 0 aliphatic carbocycles. The Labute approximate surface area is 152 Å². The Bertz CT molecular complexity index is 882. The number of anilines is 1. The summed E-state index contributed by atoms with van der Waals surface area (Å²) in [6.45, 7) is 0. The third-order valence-corrected chi connectivity index (χ3v) is 5.32. The Morgan fingerprint density at radius 3 is 3.04 bits per heavy atom. The van der Waals surface area contributed by atoms with Gasteiger partial charge in [0.15, 0.2) is 5.16 Å². The molecule has 1 aliphatic heterocycles. The topological polar surface area (TPSA) is 101 Å². The van der Waals surface area contributed by atoms with Gasteiger partial charge in [-0.3, -0.25) is 9.59 Å². The summed E-state index contributed by atoms with van der Waals surface area (Å²) in [5, 5.41) is 3.14. The van der Waals surface area contributed by atoms with Gasteiger partial charge >= 0.3 is 5.97 Å². The monoisotopic (exact) mass is 377 g/mol. The SMILES string of the molecule is COC(=O)c1cccc(NC(=O)CSc2nc3c(c(=O)[nH]2)CSC3)c1. The fraction of sp³-hybridized carbons (Fsp3) is 0.250. The van der Waals surface area contributed by atoms with Gasteiger partial charge in [-0.05, 0) is 18.2 Å². The molecule has 2 aromatic rings. The van der Waals surface area contributed by atoms with E-state index in [1.165, 1.54) is 7.11 Å². The van der Waals surface area contributed by atoms with Gasteiger partial charge in [0, 0.05) is 22.8 Å². The van der Waals surface area contributed by atoms with Gasteiger partial charge in [0.05, 0.1) is 24.1 Å². The third-order valence-electron chi connectivity index (χ3n) is 3.47. The molecule has 0 unspecified atom stereocenters. The van der Waals surface area contributed by atoms with E-state index in [4.69, 9.17) is 0 Å². The first-order chi connectivity index (χ1) is 12.1. The maximum Gasteiger partial charge on any atom is 0.337 e. The van der Waals surface area contributed by atoms with Gasteiger partial charge in [-0.15, -0.1) is 0 Å². The molecule has 0 radical (unpaired) electrons. The van der Waals surface area contributed by atoms with Crippen molar-refractivity contribution in [2.45, 2.75) is 16.7 Å². The normalized spacial score (nSPS) is 12.5. The number of aromatic amines is 1. The fourth-order valence-corrected chi connectivity index (χ4v) is 4.00. The second-order valence-electron chi connectivity index (χ2n) is 5.20. The summed E-state index contributed by atoms with van der Waals surface area (Å²) in [5.74, 6) is 0.767.